The van der Waals surface area contributed by atoms with Gasteiger partial charge in [-0.25, -0.2) is 4.98 Å². The number of rotatable bonds is 2. The maximum atomic E-state index is 8.76. The molecule has 80 valence electrons. The number of nitriles is 1. The van der Waals surface area contributed by atoms with Crippen molar-refractivity contribution in [1.82, 2.24) is 4.98 Å². The van der Waals surface area contributed by atoms with Gasteiger partial charge in [0.15, 0.2) is 0 Å². The molecule has 0 aliphatic carbocycles. The highest BCUT2D eigenvalue weighted by atomic mass is 35.5. The van der Waals surface area contributed by atoms with E-state index in [0.717, 1.165) is 11.1 Å². The topological polar surface area (TPSA) is 45.9 Å². The Kier molecular flexibility index (Phi) is 2.93. The molecule has 0 bridgehead atoms. The van der Waals surface area contributed by atoms with Crippen molar-refractivity contribution in [2.24, 2.45) is 0 Å². The van der Waals surface area contributed by atoms with Gasteiger partial charge in [-0.15, -0.1) is 0 Å². The Bertz CT molecular complexity index is 575. The first-order valence-electron chi connectivity index (χ1n) is 4.88. The van der Waals surface area contributed by atoms with Crippen LogP contribution in [0.25, 0.3) is 10.9 Å². The van der Waals surface area contributed by atoms with Crippen LogP contribution in [0.1, 0.15) is 12.6 Å². The minimum Gasteiger partial charge on any atom is -0.494 e. The van der Waals surface area contributed by atoms with Gasteiger partial charge in [0, 0.05) is 5.39 Å². The number of ether oxygens (including phenoxy) is 1. The van der Waals surface area contributed by atoms with Crippen LogP contribution in [0.2, 0.25) is 5.02 Å². The second-order valence-corrected chi connectivity index (χ2v) is 3.62. The molecule has 0 aliphatic rings. The van der Waals surface area contributed by atoms with E-state index in [1.54, 1.807) is 12.1 Å². The Morgan fingerprint density at radius 3 is 2.94 bits per heavy atom. The standard InChI is InChI=1S/C12H9ClN2O/c1-2-16-9-3-4-12-10(6-9)11(13)5-8(7-14)15-12/h3-6H,2H2,1H3. The molecule has 0 atom stereocenters. The van der Waals surface area contributed by atoms with Crippen LogP contribution in [0.3, 0.4) is 0 Å². The third-order valence-electron chi connectivity index (χ3n) is 2.16. The summed E-state index contributed by atoms with van der Waals surface area (Å²) in [6.07, 6.45) is 0. The van der Waals surface area contributed by atoms with Gasteiger partial charge >= 0.3 is 0 Å². The summed E-state index contributed by atoms with van der Waals surface area (Å²) in [7, 11) is 0. The van der Waals surface area contributed by atoms with Crippen LogP contribution < -0.4 is 4.74 Å². The fourth-order valence-electron chi connectivity index (χ4n) is 1.48. The lowest BCUT2D eigenvalue weighted by Crippen LogP contribution is -1.92. The minimum absolute atomic E-state index is 0.321. The van der Waals surface area contributed by atoms with Gasteiger partial charge in [0.05, 0.1) is 17.1 Å². The summed E-state index contributed by atoms with van der Waals surface area (Å²) in [5.41, 5.74) is 1.02. The molecule has 2 rings (SSSR count). The summed E-state index contributed by atoms with van der Waals surface area (Å²) in [5, 5.41) is 10.1. The summed E-state index contributed by atoms with van der Waals surface area (Å²) in [6.45, 7) is 2.52. The van der Waals surface area contributed by atoms with Crippen molar-refractivity contribution >= 4 is 22.5 Å². The minimum atomic E-state index is 0.321. The van der Waals surface area contributed by atoms with Crippen molar-refractivity contribution in [1.29, 1.82) is 5.26 Å². The highest BCUT2D eigenvalue weighted by Crippen LogP contribution is 2.26. The third-order valence-corrected chi connectivity index (χ3v) is 2.47. The van der Waals surface area contributed by atoms with Crippen LogP contribution in [-0.2, 0) is 0 Å². The molecule has 0 saturated heterocycles. The highest BCUT2D eigenvalue weighted by molar-refractivity contribution is 6.35. The number of aromatic nitrogens is 1. The second-order valence-electron chi connectivity index (χ2n) is 3.21. The molecule has 4 heteroatoms. The van der Waals surface area contributed by atoms with Crippen LogP contribution in [-0.4, -0.2) is 11.6 Å². The van der Waals surface area contributed by atoms with E-state index in [-0.39, 0.29) is 0 Å². The van der Waals surface area contributed by atoms with E-state index < -0.39 is 0 Å². The molecule has 0 saturated carbocycles. The van der Waals surface area contributed by atoms with Gasteiger partial charge in [0.25, 0.3) is 0 Å². The number of halogens is 1. The van der Waals surface area contributed by atoms with Crippen LogP contribution in [0.5, 0.6) is 5.75 Å². The summed E-state index contributed by atoms with van der Waals surface area (Å²) >= 11 is 6.07. The quantitative estimate of drug-likeness (QED) is 0.799. The van der Waals surface area contributed by atoms with E-state index in [1.165, 1.54) is 0 Å². The first kappa shape index (κ1) is 10.7. The van der Waals surface area contributed by atoms with Crippen LogP contribution in [0, 0.1) is 11.3 Å². The lowest BCUT2D eigenvalue weighted by atomic mass is 10.2. The van der Waals surface area contributed by atoms with Gasteiger partial charge < -0.3 is 4.74 Å². The van der Waals surface area contributed by atoms with Gasteiger partial charge in [0.1, 0.15) is 17.5 Å². The number of pyridine rings is 1. The number of hydrogen-bond acceptors (Lipinski definition) is 3. The van der Waals surface area contributed by atoms with E-state index in [4.69, 9.17) is 21.6 Å². The van der Waals surface area contributed by atoms with E-state index in [1.807, 2.05) is 25.1 Å². The van der Waals surface area contributed by atoms with Crippen molar-refractivity contribution in [2.75, 3.05) is 6.61 Å². The molecule has 0 fully saturated rings. The summed E-state index contributed by atoms with van der Waals surface area (Å²) in [6, 6.07) is 8.97. The molecule has 1 aromatic heterocycles. The van der Waals surface area contributed by atoms with Crippen molar-refractivity contribution in [3.05, 3.63) is 35.0 Å². The predicted molar refractivity (Wildman–Crippen MR) is 62.6 cm³/mol. The number of benzene rings is 1. The van der Waals surface area contributed by atoms with Gasteiger partial charge in [-0.2, -0.15) is 5.26 Å². The molecule has 0 aliphatic heterocycles. The molecular formula is C12H9ClN2O. The monoisotopic (exact) mass is 232 g/mol. The molecule has 0 amide bonds. The lowest BCUT2D eigenvalue weighted by Gasteiger charge is -2.05. The average Bonchev–Trinajstić information content (AvgIpc) is 2.30. The van der Waals surface area contributed by atoms with Crippen molar-refractivity contribution in [3.63, 3.8) is 0 Å². The van der Waals surface area contributed by atoms with Gasteiger partial charge in [-0.1, -0.05) is 11.6 Å². The average molecular weight is 233 g/mol. The summed E-state index contributed by atoms with van der Waals surface area (Å²) in [4.78, 5) is 4.15. The van der Waals surface area contributed by atoms with Crippen molar-refractivity contribution in [3.8, 4) is 11.8 Å². The molecule has 3 nitrogen and oxygen atoms in total. The van der Waals surface area contributed by atoms with Crippen molar-refractivity contribution in [2.45, 2.75) is 6.92 Å². The zero-order valence-corrected chi connectivity index (χ0v) is 9.45. The number of hydrogen-bond donors (Lipinski definition) is 0. The Morgan fingerprint density at radius 1 is 1.44 bits per heavy atom. The molecule has 16 heavy (non-hydrogen) atoms. The van der Waals surface area contributed by atoms with Crippen LogP contribution >= 0.6 is 11.6 Å². The Balaban J connectivity index is 2.62. The molecule has 1 aromatic carbocycles. The van der Waals surface area contributed by atoms with Crippen LogP contribution in [0.4, 0.5) is 0 Å². The summed E-state index contributed by atoms with van der Waals surface area (Å²) < 4.78 is 5.37. The fourth-order valence-corrected chi connectivity index (χ4v) is 1.73. The zero-order valence-electron chi connectivity index (χ0n) is 8.70. The SMILES string of the molecule is CCOc1ccc2nc(C#N)cc(Cl)c2c1. The third kappa shape index (κ3) is 1.93. The van der Waals surface area contributed by atoms with Gasteiger partial charge in [0.2, 0.25) is 0 Å². The molecule has 0 spiro atoms. The van der Waals surface area contributed by atoms with E-state index in [2.05, 4.69) is 4.98 Å². The zero-order chi connectivity index (χ0) is 11.5. The molecule has 0 unspecified atom stereocenters. The first-order chi connectivity index (χ1) is 7.74. The number of fused-ring (bicyclic) bond motifs is 1. The van der Waals surface area contributed by atoms with E-state index in [0.29, 0.717) is 22.8 Å². The lowest BCUT2D eigenvalue weighted by molar-refractivity contribution is 0.340. The normalized spacial score (nSPS) is 10.1. The fraction of sp³-hybridized carbons (Fsp3) is 0.167. The summed E-state index contributed by atoms with van der Waals surface area (Å²) in [5.74, 6) is 0.753. The van der Waals surface area contributed by atoms with Gasteiger partial charge in [-0.3, -0.25) is 0 Å². The molecule has 1 heterocycles. The maximum Gasteiger partial charge on any atom is 0.142 e. The van der Waals surface area contributed by atoms with E-state index in [9.17, 15) is 0 Å². The van der Waals surface area contributed by atoms with E-state index >= 15 is 0 Å². The molecule has 0 N–H and O–H groups in total. The highest BCUT2D eigenvalue weighted by Gasteiger charge is 2.05. The predicted octanol–water partition coefficient (Wildman–Crippen LogP) is 3.16. The number of nitrogens with zero attached hydrogens (tertiary/aromatic N) is 2. The van der Waals surface area contributed by atoms with Gasteiger partial charge in [-0.05, 0) is 31.2 Å². The first-order valence-corrected chi connectivity index (χ1v) is 5.25. The second kappa shape index (κ2) is 4.38. The van der Waals surface area contributed by atoms with Crippen LogP contribution in [0.15, 0.2) is 24.3 Å². The Hall–Kier alpha value is -1.79. The largest absolute Gasteiger partial charge is 0.494 e. The molecule has 0 radical (unpaired) electrons. The Morgan fingerprint density at radius 2 is 2.25 bits per heavy atom. The molecule has 2 aromatic rings. The Labute approximate surface area is 98.2 Å². The molecular weight excluding hydrogens is 224 g/mol. The smallest absolute Gasteiger partial charge is 0.142 e. The maximum absolute atomic E-state index is 8.76. The van der Waals surface area contributed by atoms with Crippen molar-refractivity contribution < 1.29 is 4.74 Å².